The van der Waals surface area contributed by atoms with E-state index in [-0.39, 0.29) is 11.6 Å². The molecule has 0 spiro atoms. The monoisotopic (exact) mass is 358 g/mol. The summed E-state index contributed by atoms with van der Waals surface area (Å²) in [5, 5.41) is 5.65. The Balaban J connectivity index is 2.10. The second kappa shape index (κ2) is 9.27. The van der Waals surface area contributed by atoms with Gasteiger partial charge in [-0.2, -0.15) is 0 Å². The summed E-state index contributed by atoms with van der Waals surface area (Å²) in [6.45, 7) is 6.76. The average Bonchev–Trinajstić information content (AvgIpc) is 2.86. The van der Waals surface area contributed by atoms with E-state index in [0.717, 1.165) is 24.9 Å². The van der Waals surface area contributed by atoms with E-state index in [1.54, 1.807) is 9.36 Å². The van der Waals surface area contributed by atoms with Crippen LogP contribution in [0.4, 0.5) is 10.5 Å². The molecule has 0 fully saturated rings. The number of hydrogen-bond donors (Lipinski definition) is 2. The van der Waals surface area contributed by atoms with Crippen LogP contribution >= 0.6 is 0 Å². The smallest absolute Gasteiger partial charge is 0.319 e. The van der Waals surface area contributed by atoms with Crippen molar-refractivity contribution in [1.82, 2.24) is 14.7 Å². The third-order valence-electron chi connectivity index (χ3n) is 4.89. The molecule has 2 aromatic rings. The first kappa shape index (κ1) is 19.8. The highest BCUT2D eigenvalue weighted by Crippen LogP contribution is 2.14. The zero-order chi connectivity index (χ0) is 19.1. The Labute approximate surface area is 155 Å². The zero-order valence-corrected chi connectivity index (χ0v) is 16.2. The number of benzene rings is 1. The van der Waals surface area contributed by atoms with E-state index in [4.69, 9.17) is 0 Å². The Morgan fingerprint density at radius 1 is 1.19 bits per heavy atom. The van der Waals surface area contributed by atoms with Gasteiger partial charge in [0, 0.05) is 13.6 Å². The Bertz CT molecular complexity index is 777. The molecule has 6 nitrogen and oxygen atoms in total. The van der Waals surface area contributed by atoms with Crippen molar-refractivity contribution < 1.29 is 4.79 Å². The van der Waals surface area contributed by atoms with Gasteiger partial charge >= 0.3 is 6.03 Å². The van der Waals surface area contributed by atoms with Crippen LogP contribution in [-0.2, 0) is 7.05 Å². The number of carbonyl (C=O) groups is 1. The molecule has 2 N–H and O–H groups in total. The minimum atomic E-state index is -0.328. The summed E-state index contributed by atoms with van der Waals surface area (Å²) in [4.78, 5) is 25.1. The highest BCUT2D eigenvalue weighted by molar-refractivity contribution is 5.89. The first-order valence-electron chi connectivity index (χ1n) is 9.38. The maximum absolute atomic E-state index is 12.8. The molecular formula is C20H30N4O2. The van der Waals surface area contributed by atoms with E-state index in [1.165, 1.54) is 6.42 Å². The van der Waals surface area contributed by atoms with Crippen LogP contribution < -0.4 is 16.2 Å². The maximum Gasteiger partial charge on any atom is 0.319 e. The third-order valence-corrected chi connectivity index (χ3v) is 4.89. The fraction of sp³-hybridized carbons (Fsp3) is 0.500. The zero-order valence-electron chi connectivity index (χ0n) is 16.2. The van der Waals surface area contributed by atoms with Gasteiger partial charge in [-0.3, -0.25) is 9.48 Å². The number of aromatic nitrogens is 2. The molecule has 1 atom stereocenters. The molecule has 1 unspecified atom stereocenters. The van der Waals surface area contributed by atoms with Crippen molar-refractivity contribution in [2.45, 2.75) is 46.5 Å². The van der Waals surface area contributed by atoms with Crippen LogP contribution in [0.25, 0.3) is 5.69 Å². The van der Waals surface area contributed by atoms with Gasteiger partial charge in [-0.15, -0.1) is 0 Å². The average molecular weight is 358 g/mol. The van der Waals surface area contributed by atoms with Gasteiger partial charge in [-0.25, -0.2) is 9.48 Å². The SMILES string of the molecule is CCCCC(CC)CNC(=O)Nc1c(C)n(C)n(-c2ccccc2)c1=O. The molecule has 6 heteroatoms. The summed E-state index contributed by atoms with van der Waals surface area (Å²) in [7, 11) is 1.81. The summed E-state index contributed by atoms with van der Waals surface area (Å²) < 4.78 is 3.31. The number of urea groups is 1. The molecule has 26 heavy (non-hydrogen) atoms. The van der Waals surface area contributed by atoms with E-state index in [1.807, 2.05) is 44.3 Å². The van der Waals surface area contributed by atoms with Crippen molar-refractivity contribution in [2.24, 2.45) is 13.0 Å². The Morgan fingerprint density at radius 3 is 2.50 bits per heavy atom. The number of nitrogens with zero attached hydrogens (tertiary/aromatic N) is 2. The molecule has 1 heterocycles. The minimum Gasteiger partial charge on any atom is -0.338 e. The van der Waals surface area contributed by atoms with Crippen LogP contribution in [0.5, 0.6) is 0 Å². The van der Waals surface area contributed by atoms with Crippen molar-refractivity contribution in [3.8, 4) is 5.69 Å². The van der Waals surface area contributed by atoms with E-state index in [2.05, 4.69) is 24.5 Å². The van der Waals surface area contributed by atoms with Crippen molar-refractivity contribution in [1.29, 1.82) is 0 Å². The molecule has 0 aliphatic heterocycles. The van der Waals surface area contributed by atoms with Crippen LogP contribution in [0, 0.1) is 12.8 Å². The lowest BCUT2D eigenvalue weighted by atomic mass is 9.99. The molecule has 0 aliphatic rings. The lowest BCUT2D eigenvalue weighted by Gasteiger charge is -2.15. The number of hydrogen-bond acceptors (Lipinski definition) is 2. The molecule has 0 saturated heterocycles. The molecule has 0 bridgehead atoms. The first-order valence-corrected chi connectivity index (χ1v) is 9.38. The number of carbonyl (C=O) groups excluding carboxylic acids is 1. The predicted octanol–water partition coefficient (Wildman–Crippen LogP) is 3.82. The van der Waals surface area contributed by atoms with Crippen LogP contribution in [0.2, 0.25) is 0 Å². The Morgan fingerprint density at radius 2 is 1.88 bits per heavy atom. The van der Waals surface area contributed by atoms with Gasteiger partial charge in [0.05, 0.1) is 11.4 Å². The van der Waals surface area contributed by atoms with Crippen LogP contribution in [0.3, 0.4) is 0 Å². The van der Waals surface area contributed by atoms with Gasteiger partial charge in [0.15, 0.2) is 0 Å². The molecule has 2 rings (SSSR count). The molecule has 142 valence electrons. The fourth-order valence-electron chi connectivity index (χ4n) is 3.05. The fourth-order valence-corrected chi connectivity index (χ4v) is 3.05. The highest BCUT2D eigenvalue weighted by atomic mass is 16.2. The number of unbranched alkanes of at least 4 members (excludes halogenated alkanes) is 1. The maximum atomic E-state index is 12.8. The second-order valence-corrected chi connectivity index (χ2v) is 6.69. The molecule has 1 aromatic heterocycles. The quantitative estimate of drug-likeness (QED) is 0.753. The molecule has 0 saturated carbocycles. The molecule has 1 aromatic carbocycles. The second-order valence-electron chi connectivity index (χ2n) is 6.69. The normalized spacial score (nSPS) is 12.0. The predicted molar refractivity (Wildman–Crippen MR) is 106 cm³/mol. The van der Waals surface area contributed by atoms with Gasteiger partial charge in [0.25, 0.3) is 5.56 Å². The summed E-state index contributed by atoms with van der Waals surface area (Å²) in [5.41, 5.74) is 1.56. The summed E-state index contributed by atoms with van der Waals surface area (Å²) >= 11 is 0. The molecular weight excluding hydrogens is 328 g/mol. The van der Waals surface area contributed by atoms with Gasteiger partial charge in [-0.05, 0) is 31.4 Å². The Hall–Kier alpha value is -2.50. The van der Waals surface area contributed by atoms with Crippen LogP contribution in [0.1, 0.15) is 45.2 Å². The molecule has 0 radical (unpaired) electrons. The first-order chi connectivity index (χ1) is 12.5. The van der Waals surface area contributed by atoms with Gasteiger partial charge in [-0.1, -0.05) is 51.3 Å². The number of nitrogens with one attached hydrogen (secondary N) is 2. The van der Waals surface area contributed by atoms with Crippen LogP contribution in [-0.4, -0.2) is 21.9 Å². The summed E-state index contributed by atoms with van der Waals surface area (Å²) in [6.07, 6.45) is 4.47. The van der Waals surface area contributed by atoms with E-state index >= 15 is 0 Å². The van der Waals surface area contributed by atoms with Gasteiger partial charge in [0.1, 0.15) is 5.69 Å². The van der Waals surface area contributed by atoms with Crippen molar-refractivity contribution in [3.63, 3.8) is 0 Å². The topological polar surface area (TPSA) is 68.1 Å². The van der Waals surface area contributed by atoms with Gasteiger partial charge < -0.3 is 10.6 Å². The van der Waals surface area contributed by atoms with Crippen molar-refractivity contribution in [2.75, 3.05) is 11.9 Å². The lowest BCUT2D eigenvalue weighted by molar-refractivity contribution is 0.249. The summed E-state index contributed by atoms with van der Waals surface area (Å²) in [6, 6.07) is 9.07. The van der Waals surface area contributed by atoms with E-state index in [9.17, 15) is 9.59 Å². The lowest BCUT2D eigenvalue weighted by Crippen LogP contribution is -2.34. The number of anilines is 1. The van der Waals surface area contributed by atoms with Crippen LogP contribution in [0.15, 0.2) is 35.1 Å². The largest absolute Gasteiger partial charge is 0.338 e. The number of amides is 2. The highest BCUT2D eigenvalue weighted by Gasteiger charge is 2.18. The number of para-hydroxylation sites is 1. The molecule has 2 amide bonds. The molecule has 0 aliphatic carbocycles. The number of rotatable bonds is 8. The van der Waals surface area contributed by atoms with E-state index < -0.39 is 0 Å². The van der Waals surface area contributed by atoms with Crippen molar-refractivity contribution in [3.05, 3.63) is 46.4 Å². The van der Waals surface area contributed by atoms with E-state index in [0.29, 0.717) is 23.8 Å². The summed E-state index contributed by atoms with van der Waals surface area (Å²) in [5.74, 6) is 0.471. The Kier molecular flexibility index (Phi) is 7.06. The minimum absolute atomic E-state index is 0.232. The standard InChI is InChI=1S/C20H30N4O2/c1-5-7-11-16(6-2)14-21-20(26)22-18-15(3)23(4)24(19(18)25)17-12-9-8-10-13-17/h8-10,12-13,16H,5-7,11,14H2,1-4H3,(H2,21,22,26). The third kappa shape index (κ3) is 4.56. The van der Waals surface area contributed by atoms with Crippen molar-refractivity contribution >= 4 is 11.7 Å². The van der Waals surface area contributed by atoms with Gasteiger partial charge in [0.2, 0.25) is 0 Å².